The molecule has 0 spiro atoms. The SMILES string of the molecule is COC(=O)[C@@H](N)[C@H]1O[C@@H](n2cnc3cnc(NC(C)=O)nc32)[C@H](OC(C)=O)[C@@H](OC(C)=O)[C@@H]1OC(C)=O. The fraction of sp³-hybridized carbons (Fsp3) is 0.524. The largest absolute Gasteiger partial charge is 0.468 e. The van der Waals surface area contributed by atoms with Crippen molar-refractivity contribution in [2.75, 3.05) is 12.4 Å². The van der Waals surface area contributed by atoms with Gasteiger partial charge in [0.2, 0.25) is 11.9 Å². The van der Waals surface area contributed by atoms with Crippen LogP contribution in [0.5, 0.6) is 0 Å². The molecule has 16 nitrogen and oxygen atoms in total. The van der Waals surface area contributed by atoms with E-state index < -0.39 is 66.5 Å². The first-order valence-corrected chi connectivity index (χ1v) is 10.9. The molecule has 0 radical (unpaired) electrons. The maximum Gasteiger partial charge on any atom is 0.325 e. The number of hydrogen-bond acceptors (Lipinski definition) is 14. The van der Waals surface area contributed by atoms with Crippen molar-refractivity contribution in [1.82, 2.24) is 19.5 Å². The molecule has 6 atom stereocenters. The van der Waals surface area contributed by atoms with Gasteiger partial charge >= 0.3 is 23.9 Å². The van der Waals surface area contributed by atoms with E-state index in [2.05, 4.69) is 20.3 Å². The predicted molar refractivity (Wildman–Crippen MR) is 120 cm³/mol. The summed E-state index contributed by atoms with van der Waals surface area (Å²) in [5, 5.41) is 2.44. The van der Waals surface area contributed by atoms with Gasteiger partial charge in [-0.3, -0.25) is 33.9 Å². The van der Waals surface area contributed by atoms with E-state index in [1.54, 1.807) is 0 Å². The van der Waals surface area contributed by atoms with Crippen LogP contribution in [0.2, 0.25) is 0 Å². The molecule has 0 bridgehead atoms. The lowest BCUT2D eigenvalue weighted by Crippen LogP contribution is -2.64. The predicted octanol–water partition coefficient (Wildman–Crippen LogP) is -1.02. The van der Waals surface area contributed by atoms with E-state index in [1.807, 2.05) is 0 Å². The van der Waals surface area contributed by atoms with Gasteiger partial charge in [0.15, 0.2) is 30.2 Å². The third kappa shape index (κ3) is 6.15. The molecule has 3 heterocycles. The Balaban J connectivity index is 2.20. The van der Waals surface area contributed by atoms with Gasteiger partial charge in [-0.25, -0.2) is 9.97 Å². The monoisotopic (exact) mass is 522 g/mol. The summed E-state index contributed by atoms with van der Waals surface area (Å²) in [4.78, 5) is 72.3. The number of amides is 1. The Labute approximate surface area is 209 Å². The van der Waals surface area contributed by atoms with Crippen molar-refractivity contribution in [2.45, 2.75) is 64.4 Å². The number of anilines is 1. The summed E-state index contributed by atoms with van der Waals surface area (Å²) in [5.74, 6) is -3.81. The molecule has 2 aromatic rings. The highest BCUT2D eigenvalue weighted by molar-refractivity contribution is 5.87. The van der Waals surface area contributed by atoms with Crippen LogP contribution in [0.25, 0.3) is 11.2 Å². The number of imidazole rings is 1. The summed E-state index contributed by atoms with van der Waals surface area (Å²) >= 11 is 0. The van der Waals surface area contributed by atoms with Gasteiger partial charge in [0.25, 0.3) is 0 Å². The van der Waals surface area contributed by atoms with Crippen molar-refractivity contribution in [3.63, 3.8) is 0 Å². The number of nitrogens with zero attached hydrogens (tertiary/aromatic N) is 4. The standard InChI is InChI=1S/C21H26N6O10/c1-8(28)25-21-23-6-12-18(26-21)27(7-24-12)19-17(36-11(4)31)16(35-10(3)30)15(34-9(2)29)14(37-19)13(22)20(32)33-5/h6-7,13-17,19H,22H2,1-5H3,(H,23,25,26,28)/t13-,14+,15+,16-,17+,19+/m0/s1. The number of fused-ring (bicyclic) bond motifs is 1. The fourth-order valence-electron chi connectivity index (χ4n) is 3.83. The summed E-state index contributed by atoms with van der Waals surface area (Å²) in [6.07, 6.45) is -4.57. The zero-order valence-electron chi connectivity index (χ0n) is 20.6. The van der Waals surface area contributed by atoms with Gasteiger partial charge in [-0.1, -0.05) is 0 Å². The number of methoxy groups -OCH3 is 1. The van der Waals surface area contributed by atoms with Crippen LogP contribution in [0, 0.1) is 0 Å². The zero-order chi connectivity index (χ0) is 27.4. The Bertz CT molecular complexity index is 1220. The minimum atomic E-state index is -1.52. The highest BCUT2D eigenvalue weighted by atomic mass is 16.7. The second-order valence-electron chi connectivity index (χ2n) is 8.00. The summed E-state index contributed by atoms with van der Waals surface area (Å²) in [6.45, 7) is 4.55. The average Bonchev–Trinajstić information content (AvgIpc) is 3.22. The molecule has 3 N–H and O–H groups in total. The van der Waals surface area contributed by atoms with Crippen LogP contribution in [0.3, 0.4) is 0 Å². The Kier molecular flexibility index (Phi) is 8.34. The van der Waals surface area contributed by atoms with Crippen LogP contribution in [0.4, 0.5) is 5.95 Å². The number of ether oxygens (including phenoxy) is 5. The lowest BCUT2D eigenvalue weighted by Gasteiger charge is -2.45. The van der Waals surface area contributed by atoms with Crippen LogP contribution in [-0.2, 0) is 47.7 Å². The van der Waals surface area contributed by atoms with Gasteiger partial charge in [-0.15, -0.1) is 0 Å². The first-order chi connectivity index (χ1) is 17.4. The van der Waals surface area contributed by atoms with Gasteiger partial charge < -0.3 is 29.4 Å². The number of carbonyl (C=O) groups is 5. The first kappa shape index (κ1) is 27.4. The van der Waals surface area contributed by atoms with Crippen molar-refractivity contribution in [3.8, 4) is 0 Å². The molecule has 1 fully saturated rings. The highest BCUT2D eigenvalue weighted by Crippen LogP contribution is 2.36. The molecule has 0 unspecified atom stereocenters. The molecule has 16 heteroatoms. The quantitative estimate of drug-likeness (QED) is 0.329. The summed E-state index contributed by atoms with van der Waals surface area (Å²) in [6, 6.07) is -1.52. The topological polar surface area (TPSA) is 213 Å². The summed E-state index contributed by atoms with van der Waals surface area (Å²) in [5.41, 5.74) is 6.47. The summed E-state index contributed by atoms with van der Waals surface area (Å²) in [7, 11) is 1.10. The smallest absolute Gasteiger partial charge is 0.325 e. The van der Waals surface area contributed by atoms with E-state index in [4.69, 9.17) is 29.4 Å². The molecule has 3 rings (SSSR count). The van der Waals surface area contributed by atoms with Crippen LogP contribution >= 0.6 is 0 Å². The molecule has 0 aliphatic carbocycles. The molecule has 1 aliphatic rings. The van der Waals surface area contributed by atoms with Gasteiger partial charge in [0.1, 0.15) is 17.7 Å². The number of esters is 4. The van der Waals surface area contributed by atoms with Gasteiger partial charge in [-0.05, 0) is 0 Å². The second kappa shape index (κ2) is 11.3. The molecule has 2 aromatic heterocycles. The molecule has 0 aromatic carbocycles. The number of aromatic nitrogens is 4. The van der Waals surface area contributed by atoms with Crippen molar-refractivity contribution in [1.29, 1.82) is 0 Å². The van der Waals surface area contributed by atoms with E-state index in [0.29, 0.717) is 0 Å². The Morgan fingerprint density at radius 1 is 0.973 bits per heavy atom. The van der Waals surface area contributed by atoms with Crippen molar-refractivity contribution in [3.05, 3.63) is 12.5 Å². The van der Waals surface area contributed by atoms with E-state index in [0.717, 1.165) is 27.9 Å². The van der Waals surface area contributed by atoms with Crippen LogP contribution in [-0.4, -0.2) is 86.9 Å². The molecule has 200 valence electrons. The average molecular weight is 522 g/mol. The van der Waals surface area contributed by atoms with Gasteiger partial charge in [0, 0.05) is 27.7 Å². The van der Waals surface area contributed by atoms with Gasteiger partial charge in [-0.2, -0.15) is 4.98 Å². The maximum atomic E-state index is 12.3. The normalized spacial score (nSPS) is 24.0. The fourth-order valence-corrected chi connectivity index (χ4v) is 3.83. The zero-order valence-corrected chi connectivity index (χ0v) is 20.6. The van der Waals surface area contributed by atoms with Crippen LogP contribution < -0.4 is 11.1 Å². The Morgan fingerprint density at radius 2 is 1.57 bits per heavy atom. The Morgan fingerprint density at radius 3 is 2.14 bits per heavy atom. The number of rotatable bonds is 7. The third-order valence-electron chi connectivity index (χ3n) is 5.16. The van der Waals surface area contributed by atoms with E-state index in [9.17, 15) is 24.0 Å². The molecule has 37 heavy (non-hydrogen) atoms. The van der Waals surface area contributed by atoms with E-state index in [-0.39, 0.29) is 17.1 Å². The minimum Gasteiger partial charge on any atom is -0.468 e. The second-order valence-corrected chi connectivity index (χ2v) is 8.00. The number of hydrogen-bond donors (Lipinski definition) is 2. The van der Waals surface area contributed by atoms with Crippen LogP contribution in [0.1, 0.15) is 33.9 Å². The van der Waals surface area contributed by atoms with E-state index >= 15 is 0 Å². The molecule has 1 amide bonds. The number of nitrogens with one attached hydrogen (secondary N) is 1. The van der Waals surface area contributed by atoms with Crippen molar-refractivity contribution >= 4 is 46.9 Å². The highest BCUT2D eigenvalue weighted by Gasteiger charge is 2.55. The first-order valence-electron chi connectivity index (χ1n) is 10.9. The van der Waals surface area contributed by atoms with Crippen molar-refractivity contribution < 1.29 is 47.7 Å². The molecular weight excluding hydrogens is 496 g/mol. The maximum absolute atomic E-state index is 12.3. The minimum absolute atomic E-state index is 0.0567. The lowest BCUT2D eigenvalue weighted by atomic mass is 9.92. The molecule has 1 saturated heterocycles. The lowest BCUT2D eigenvalue weighted by molar-refractivity contribution is -0.265. The molecule has 1 aliphatic heterocycles. The Hall–Kier alpha value is -4.18. The molecule has 0 saturated carbocycles. The van der Waals surface area contributed by atoms with Crippen LogP contribution in [0.15, 0.2) is 12.5 Å². The van der Waals surface area contributed by atoms with E-state index in [1.165, 1.54) is 24.0 Å². The summed E-state index contributed by atoms with van der Waals surface area (Å²) < 4.78 is 28.3. The van der Waals surface area contributed by atoms with Crippen molar-refractivity contribution in [2.24, 2.45) is 5.73 Å². The number of carbonyl (C=O) groups excluding carboxylic acids is 5. The molecular formula is C21H26N6O10. The van der Waals surface area contributed by atoms with Gasteiger partial charge in [0.05, 0.1) is 19.6 Å². The third-order valence-corrected chi connectivity index (χ3v) is 5.16. The number of nitrogens with two attached hydrogens (primary N) is 1.